The first-order chi connectivity index (χ1) is 12.1. The predicted octanol–water partition coefficient (Wildman–Crippen LogP) is 2.35. The van der Waals surface area contributed by atoms with E-state index >= 15 is 0 Å². The van der Waals surface area contributed by atoms with Crippen molar-refractivity contribution < 1.29 is 14.3 Å². The molecular formula is C19H23N3O3. The van der Waals surface area contributed by atoms with Crippen LogP contribution >= 0.6 is 0 Å². The molecule has 1 saturated heterocycles. The van der Waals surface area contributed by atoms with Crippen molar-refractivity contribution in [1.82, 2.24) is 4.98 Å². The van der Waals surface area contributed by atoms with E-state index in [4.69, 9.17) is 15.2 Å². The van der Waals surface area contributed by atoms with Crippen molar-refractivity contribution >= 4 is 11.6 Å². The van der Waals surface area contributed by atoms with Crippen LogP contribution in [0.4, 0.5) is 5.69 Å². The minimum atomic E-state index is -0.485. The summed E-state index contributed by atoms with van der Waals surface area (Å²) in [6, 6.07) is 9.95. The molecule has 6 heteroatoms. The zero-order valence-corrected chi connectivity index (χ0v) is 14.3. The molecular weight excluding hydrogens is 318 g/mol. The molecule has 2 aromatic rings. The van der Waals surface area contributed by atoms with Crippen LogP contribution in [-0.4, -0.2) is 37.8 Å². The van der Waals surface area contributed by atoms with E-state index in [0.29, 0.717) is 31.0 Å². The van der Waals surface area contributed by atoms with Gasteiger partial charge in [-0.05, 0) is 36.6 Å². The molecule has 1 aliphatic rings. The van der Waals surface area contributed by atoms with Crippen LogP contribution in [0.1, 0.15) is 28.8 Å². The number of hydrogen-bond donors (Lipinski definition) is 2. The van der Waals surface area contributed by atoms with E-state index in [2.05, 4.69) is 22.4 Å². The molecule has 6 nitrogen and oxygen atoms in total. The van der Waals surface area contributed by atoms with Crippen molar-refractivity contribution in [2.75, 3.05) is 32.2 Å². The molecule has 2 heterocycles. The number of pyridine rings is 1. The van der Waals surface area contributed by atoms with Crippen LogP contribution < -0.4 is 15.8 Å². The molecule has 1 aliphatic heterocycles. The highest BCUT2D eigenvalue weighted by Crippen LogP contribution is 2.36. The van der Waals surface area contributed by atoms with Crippen LogP contribution in [0.5, 0.6) is 5.75 Å². The molecule has 25 heavy (non-hydrogen) atoms. The third-order valence-corrected chi connectivity index (χ3v) is 4.86. The minimum absolute atomic E-state index is 0.0668. The maximum atomic E-state index is 11.6. The fourth-order valence-corrected chi connectivity index (χ4v) is 3.28. The number of nitrogens with one attached hydrogen (secondary N) is 1. The molecule has 1 aromatic carbocycles. The SMILES string of the molecule is COc1ccc(C2(CNc3ccncc3C(N)=O)CCOCC2)cc1. The summed E-state index contributed by atoms with van der Waals surface area (Å²) in [6.45, 7) is 2.12. The number of methoxy groups -OCH3 is 1. The molecule has 3 rings (SSSR count). The molecule has 3 N–H and O–H groups in total. The summed E-state index contributed by atoms with van der Waals surface area (Å²) >= 11 is 0. The van der Waals surface area contributed by atoms with Gasteiger partial charge in [-0.25, -0.2) is 0 Å². The molecule has 1 fully saturated rings. The number of amides is 1. The summed E-state index contributed by atoms with van der Waals surface area (Å²) in [5, 5.41) is 3.40. The normalized spacial score (nSPS) is 16.2. The van der Waals surface area contributed by atoms with Crippen LogP contribution in [0.15, 0.2) is 42.7 Å². The topological polar surface area (TPSA) is 86.5 Å². The number of aromatic nitrogens is 1. The molecule has 1 amide bonds. The van der Waals surface area contributed by atoms with Gasteiger partial charge in [0.2, 0.25) is 0 Å². The lowest BCUT2D eigenvalue weighted by atomic mass is 9.74. The zero-order chi connectivity index (χ0) is 17.7. The van der Waals surface area contributed by atoms with Crippen molar-refractivity contribution in [2.45, 2.75) is 18.3 Å². The second-order valence-electron chi connectivity index (χ2n) is 6.26. The first-order valence-corrected chi connectivity index (χ1v) is 8.35. The number of carbonyl (C=O) groups excluding carboxylic acids is 1. The van der Waals surface area contributed by atoms with E-state index in [9.17, 15) is 4.79 Å². The lowest BCUT2D eigenvalue weighted by Crippen LogP contribution is -2.40. The average molecular weight is 341 g/mol. The van der Waals surface area contributed by atoms with Crippen LogP contribution in [0.3, 0.4) is 0 Å². The number of ether oxygens (including phenoxy) is 2. The van der Waals surface area contributed by atoms with Gasteiger partial charge < -0.3 is 20.5 Å². The average Bonchev–Trinajstić information content (AvgIpc) is 2.67. The van der Waals surface area contributed by atoms with Crippen molar-refractivity contribution in [1.29, 1.82) is 0 Å². The van der Waals surface area contributed by atoms with Crippen molar-refractivity contribution in [3.8, 4) is 5.75 Å². The number of benzene rings is 1. The van der Waals surface area contributed by atoms with E-state index in [0.717, 1.165) is 18.6 Å². The number of primary amides is 1. The van der Waals surface area contributed by atoms with Crippen LogP contribution in [0, 0.1) is 0 Å². The fourth-order valence-electron chi connectivity index (χ4n) is 3.28. The minimum Gasteiger partial charge on any atom is -0.497 e. The Morgan fingerprint density at radius 3 is 2.64 bits per heavy atom. The van der Waals surface area contributed by atoms with E-state index < -0.39 is 5.91 Å². The highest BCUT2D eigenvalue weighted by Gasteiger charge is 2.34. The Morgan fingerprint density at radius 1 is 1.28 bits per heavy atom. The Labute approximate surface area is 147 Å². The quantitative estimate of drug-likeness (QED) is 0.842. The zero-order valence-electron chi connectivity index (χ0n) is 14.3. The highest BCUT2D eigenvalue weighted by atomic mass is 16.5. The molecule has 0 atom stereocenters. The van der Waals surface area contributed by atoms with Gasteiger partial charge in [-0.1, -0.05) is 12.1 Å². The van der Waals surface area contributed by atoms with E-state index in [1.165, 1.54) is 11.8 Å². The molecule has 0 bridgehead atoms. The number of rotatable bonds is 6. The Morgan fingerprint density at radius 2 is 2.00 bits per heavy atom. The van der Waals surface area contributed by atoms with E-state index in [1.54, 1.807) is 19.4 Å². The van der Waals surface area contributed by atoms with Gasteiger partial charge in [-0.15, -0.1) is 0 Å². The van der Waals surface area contributed by atoms with Crippen LogP contribution in [0.2, 0.25) is 0 Å². The van der Waals surface area contributed by atoms with Gasteiger partial charge in [0.15, 0.2) is 0 Å². The summed E-state index contributed by atoms with van der Waals surface area (Å²) < 4.78 is 10.8. The largest absolute Gasteiger partial charge is 0.497 e. The van der Waals surface area contributed by atoms with Crippen LogP contribution in [-0.2, 0) is 10.2 Å². The molecule has 132 valence electrons. The smallest absolute Gasteiger partial charge is 0.252 e. The molecule has 0 radical (unpaired) electrons. The van der Waals surface area contributed by atoms with E-state index in [1.807, 2.05) is 12.1 Å². The van der Waals surface area contributed by atoms with Gasteiger partial charge >= 0.3 is 0 Å². The van der Waals surface area contributed by atoms with Gasteiger partial charge in [-0.2, -0.15) is 0 Å². The molecule has 0 spiro atoms. The predicted molar refractivity (Wildman–Crippen MR) is 96.0 cm³/mol. The Hall–Kier alpha value is -2.60. The lowest BCUT2D eigenvalue weighted by Gasteiger charge is -2.38. The molecule has 1 aromatic heterocycles. The Kier molecular flexibility index (Phi) is 5.19. The molecule has 0 aliphatic carbocycles. The van der Waals surface area contributed by atoms with Crippen molar-refractivity contribution in [2.24, 2.45) is 5.73 Å². The number of nitrogens with zero attached hydrogens (tertiary/aromatic N) is 1. The highest BCUT2D eigenvalue weighted by molar-refractivity contribution is 5.98. The number of anilines is 1. The first kappa shape index (κ1) is 17.2. The Balaban J connectivity index is 1.85. The Bertz CT molecular complexity index is 725. The maximum absolute atomic E-state index is 11.6. The number of carbonyl (C=O) groups is 1. The summed E-state index contributed by atoms with van der Waals surface area (Å²) in [5.41, 5.74) is 7.73. The summed E-state index contributed by atoms with van der Waals surface area (Å²) in [5.74, 6) is 0.352. The first-order valence-electron chi connectivity index (χ1n) is 8.35. The standard InChI is InChI=1S/C19H23N3O3/c1-24-15-4-2-14(3-5-15)19(7-10-25-11-8-19)13-22-17-6-9-21-12-16(17)18(20)23/h2-6,9,12H,7-8,10-11,13H2,1H3,(H2,20,23)(H,21,22). The van der Waals surface area contributed by atoms with Gasteiger partial charge in [0.1, 0.15) is 5.75 Å². The fraction of sp³-hybridized carbons (Fsp3) is 0.368. The maximum Gasteiger partial charge on any atom is 0.252 e. The van der Waals surface area contributed by atoms with Gasteiger partial charge in [0, 0.05) is 37.6 Å². The van der Waals surface area contributed by atoms with Crippen molar-refractivity contribution in [3.05, 3.63) is 53.9 Å². The number of nitrogens with two attached hydrogens (primary N) is 1. The third kappa shape index (κ3) is 3.74. The summed E-state index contributed by atoms with van der Waals surface area (Å²) in [6.07, 6.45) is 4.96. The molecule has 0 saturated carbocycles. The monoisotopic (exact) mass is 341 g/mol. The van der Waals surface area contributed by atoms with Gasteiger partial charge in [-0.3, -0.25) is 9.78 Å². The lowest BCUT2D eigenvalue weighted by molar-refractivity contribution is 0.0543. The molecule has 0 unspecified atom stereocenters. The summed E-state index contributed by atoms with van der Waals surface area (Å²) in [4.78, 5) is 15.6. The van der Waals surface area contributed by atoms with Gasteiger partial charge in [0.25, 0.3) is 5.91 Å². The second kappa shape index (κ2) is 7.53. The summed E-state index contributed by atoms with van der Waals surface area (Å²) in [7, 11) is 1.66. The van der Waals surface area contributed by atoms with Crippen LogP contribution in [0.25, 0.3) is 0 Å². The van der Waals surface area contributed by atoms with E-state index in [-0.39, 0.29) is 5.41 Å². The van der Waals surface area contributed by atoms with Gasteiger partial charge in [0.05, 0.1) is 18.4 Å². The third-order valence-electron chi connectivity index (χ3n) is 4.86. The van der Waals surface area contributed by atoms with Crippen molar-refractivity contribution in [3.63, 3.8) is 0 Å². The second-order valence-corrected chi connectivity index (χ2v) is 6.26. The number of hydrogen-bond acceptors (Lipinski definition) is 5.